The SMILES string of the molecule is Cc1nc(SCc2cc(C(=O)NN)co2)nc(C)c1C. The fourth-order valence-corrected chi connectivity index (χ4v) is 2.43. The summed E-state index contributed by atoms with van der Waals surface area (Å²) >= 11 is 1.46. The number of carbonyl (C=O) groups is 1. The fourth-order valence-electron chi connectivity index (χ4n) is 1.60. The minimum Gasteiger partial charge on any atom is -0.468 e. The molecular weight excluding hydrogens is 276 g/mol. The first-order valence-electron chi connectivity index (χ1n) is 6.04. The van der Waals surface area contributed by atoms with Crippen molar-refractivity contribution in [3.63, 3.8) is 0 Å². The Bertz CT molecular complexity index is 616. The normalized spacial score (nSPS) is 10.6. The second-order valence-corrected chi connectivity index (χ2v) is 5.31. The molecule has 0 aliphatic rings. The standard InChI is InChI=1S/C13H16N4O2S/c1-7-8(2)15-13(16-9(7)3)20-6-11-4-10(5-19-11)12(18)17-14/h4-5H,6,14H2,1-3H3,(H,17,18). The maximum absolute atomic E-state index is 11.3. The van der Waals surface area contributed by atoms with E-state index in [1.807, 2.05) is 20.8 Å². The number of nitrogens with two attached hydrogens (primary N) is 1. The molecule has 2 rings (SSSR count). The molecule has 0 aliphatic carbocycles. The van der Waals surface area contributed by atoms with E-state index in [1.165, 1.54) is 18.0 Å². The largest absolute Gasteiger partial charge is 0.468 e. The van der Waals surface area contributed by atoms with Crippen molar-refractivity contribution in [2.75, 3.05) is 0 Å². The van der Waals surface area contributed by atoms with Gasteiger partial charge in [-0.1, -0.05) is 11.8 Å². The van der Waals surface area contributed by atoms with E-state index in [2.05, 4.69) is 15.4 Å². The average molecular weight is 292 g/mol. The Morgan fingerprint density at radius 1 is 1.35 bits per heavy atom. The van der Waals surface area contributed by atoms with Gasteiger partial charge in [-0.05, 0) is 32.4 Å². The predicted molar refractivity (Wildman–Crippen MR) is 76.2 cm³/mol. The van der Waals surface area contributed by atoms with Gasteiger partial charge in [-0.3, -0.25) is 10.2 Å². The summed E-state index contributed by atoms with van der Waals surface area (Å²) in [5.74, 6) is 5.92. The third-order valence-electron chi connectivity index (χ3n) is 3.00. The molecule has 2 aromatic heterocycles. The molecule has 0 aliphatic heterocycles. The van der Waals surface area contributed by atoms with E-state index in [0.29, 0.717) is 22.2 Å². The summed E-state index contributed by atoms with van der Waals surface area (Å²) in [6.07, 6.45) is 1.38. The van der Waals surface area contributed by atoms with Crippen molar-refractivity contribution in [3.05, 3.63) is 40.6 Å². The molecule has 2 heterocycles. The van der Waals surface area contributed by atoms with Gasteiger partial charge in [-0.15, -0.1) is 0 Å². The first-order chi connectivity index (χ1) is 9.51. The van der Waals surface area contributed by atoms with Gasteiger partial charge in [0.05, 0.1) is 11.3 Å². The van der Waals surface area contributed by atoms with Gasteiger partial charge in [0.15, 0.2) is 5.16 Å². The summed E-state index contributed by atoms with van der Waals surface area (Å²) in [6.45, 7) is 5.93. The van der Waals surface area contributed by atoms with E-state index in [0.717, 1.165) is 17.0 Å². The first-order valence-corrected chi connectivity index (χ1v) is 7.03. The van der Waals surface area contributed by atoms with Crippen molar-refractivity contribution < 1.29 is 9.21 Å². The fraction of sp³-hybridized carbons (Fsp3) is 0.308. The van der Waals surface area contributed by atoms with Crippen molar-refractivity contribution in [1.82, 2.24) is 15.4 Å². The Labute approximate surface area is 121 Å². The topological polar surface area (TPSA) is 94.0 Å². The van der Waals surface area contributed by atoms with Crippen LogP contribution in [0.1, 0.15) is 33.1 Å². The number of thioether (sulfide) groups is 1. The smallest absolute Gasteiger partial charge is 0.268 e. The molecule has 6 nitrogen and oxygen atoms in total. The zero-order chi connectivity index (χ0) is 14.7. The lowest BCUT2D eigenvalue weighted by atomic mass is 10.2. The number of hydrogen-bond acceptors (Lipinski definition) is 6. The summed E-state index contributed by atoms with van der Waals surface area (Å²) in [7, 11) is 0. The monoisotopic (exact) mass is 292 g/mol. The molecule has 0 bridgehead atoms. The molecule has 0 radical (unpaired) electrons. The molecule has 0 unspecified atom stereocenters. The predicted octanol–water partition coefficient (Wildman–Crippen LogP) is 1.89. The Kier molecular flexibility index (Phi) is 4.41. The van der Waals surface area contributed by atoms with Gasteiger partial charge in [0.25, 0.3) is 5.91 Å². The third kappa shape index (κ3) is 3.17. The van der Waals surface area contributed by atoms with Crippen LogP contribution in [0.3, 0.4) is 0 Å². The number of rotatable bonds is 4. The Morgan fingerprint density at radius 3 is 2.60 bits per heavy atom. The lowest BCUT2D eigenvalue weighted by Gasteiger charge is -2.05. The summed E-state index contributed by atoms with van der Waals surface area (Å²) < 4.78 is 5.30. The summed E-state index contributed by atoms with van der Waals surface area (Å²) in [6, 6.07) is 1.66. The summed E-state index contributed by atoms with van der Waals surface area (Å²) in [4.78, 5) is 20.1. The molecule has 0 atom stereocenters. The molecule has 0 saturated heterocycles. The van der Waals surface area contributed by atoms with Gasteiger partial charge < -0.3 is 4.42 Å². The number of aromatic nitrogens is 2. The second kappa shape index (κ2) is 6.06. The van der Waals surface area contributed by atoms with Crippen molar-refractivity contribution in [1.29, 1.82) is 0 Å². The molecule has 0 spiro atoms. The van der Waals surface area contributed by atoms with Crippen molar-refractivity contribution in [2.45, 2.75) is 31.7 Å². The number of nitrogens with one attached hydrogen (secondary N) is 1. The van der Waals surface area contributed by atoms with Crippen LogP contribution in [-0.4, -0.2) is 15.9 Å². The molecular formula is C13H16N4O2S. The number of furan rings is 1. The quantitative estimate of drug-likeness (QED) is 0.294. The highest BCUT2D eigenvalue weighted by molar-refractivity contribution is 7.98. The molecule has 2 aromatic rings. The highest BCUT2D eigenvalue weighted by atomic mass is 32.2. The maximum atomic E-state index is 11.3. The van der Waals surface area contributed by atoms with Crippen LogP contribution < -0.4 is 11.3 Å². The minimum absolute atomic E-state index is 0.372. The molecule has 20 heavy (non-hydrogen) atoms. The zero-order valence-electron chi connectivity index (χ0n) is 11.6. The molecule has 1 amide bonds. The van der Waals surface area contributed by atoms with E-state index >= 15 is 0 Å². The number of nitrogen functional groups attached to an aromatic ring is 1. The Balaban J connectivity index is 2.05. The highest BCUT2D eigenvalue weighted by Gasteiger charge is 2.10. The van der Waals surface area contributed by atoms with Crippen molar-refractivity contribution in [3.8, 4) is 0 Å². The van der Waals surface area contributed by atoms with Crippen LogP contribution in [0.4, 0.5) is 0 Å². The molecule has 0 saturated carbocycles. The van der Waals surface area contributed by atoms with E-state index in [1.54, 1.807) is 6.07 Å². The Morgan fingerprint density at radius 2 is 2.00 bits per heavy atom. The number of nitrogens with zero attached hydrogens (tertiary/aromatic N) is 2. The summed E-state index contributed by atoms with van der Waals surface area (Å²) in [5.41, 5.74) is 5.52. The molecule has 0 fully saturated rings. The lowest BCUT2D eigenvalue weighted by Crippen LogP contribution is -2.29. The van der Waals surface area contributed by atoms with Gasteiger partial charge in [-0.2, -0.15) is 0 Å². The number of carbonyl (C=O) groups excluding carboxylic acids is 1. The number of hydrazine groups is 1. The lowest BCUT2D eigenvalue weighted by molar-refractivity contribution is 0.0953. The molecule has 0 aromatic carbocycles. The summed E-state index contributed by atoms with van der Waals surface area (Å²) in [5, 5.41) is 0.701. The van der Waals surface area contributed by atoms with Gasteiger partial charge in [0.1, 0.15) is 12.0 Å². The molecule has 3 N–H and O–H groups in total. The van der Waals surface area contributed by atoms with Crippen LogP contribution in [0, 0.1) is 20.8 Å². The van der Waals surface area contributed by atoms with E-state index in [9.17, 15) is 4.79 Å². The van der Waals surface area contributed by atoms with Gasteiger partial charge >= 0.3 is 0 Å². The highest BCUT2D eigenvalue weighted by Crippen LogP contribution is 2.22. The van der Waals surface area contributed by atoms with E-state index in [4.69, 9.17) is 10.3 Å². The number of hydrogen-bond donors (Lipinski definition) is 2. The van der Waals surface area contributed by atoms with Crippen LogP contribution in [0.15, 0.2) is 21.9 Å². The second-order valence-electron chi connectivity index (χ2n) is 4.37. The van der Waals surface area contributed by atoms with Crippen LogP contribution in [0.5, 0.6) is 0 Å². The van der Waals surface area contributed by atoms with Crippen molar-refractivity contribution >= 4 is 17.7 Å². The van der Waals surface area contributed by atoms with Gasteiger partial charge in [0, 0.05) is 11.4 Å². The van der Waals surface area contributed by atoms with Crippen LogP contribution in [-0.2, 0) is 5.75 Å². The van der Waals surface area contributed by atoms with Crippen LogP contribution in [0.25, 0.3) is 0 Å². The third-order valence-corrected chi connectivity index (χ3v) is 3.87. The van der Waals surface area contributed by atoms with E-state index < -0.39 is 0 Å². The van der Waals surface area contributed by atoms with Crippen LogP contribution in [0.2, 0.25) is 0 Å². The zero-order valence-corrected chi connectivity index (χ0v) is 12.4. The van der Waals surface area contributed by atoms with Gasteiger partial charge in [0.2, 0.25) is 0 Å². The molecule has 106 valence electrons. The van der Waals surface area contributed by atoms with Crippen LogP contribution >= 0.6 is 11.8 Å². The Hall–Kier alpha value is -1.86. The first kappa shape index (κ1) is 14.5. The number of aryl methyl sites for hydroxylation is 2. The van der Waals surface area contributed by atoms with Gasteiger partial charge in [-0.25, -0.2) is 15.8 Å². The molecule has 7 heteroatoms. The average Bonchev–Trinajstić information content (AvgIpc) is 2.90. The number of amides is 1. The minimum atomic E-state index is -0.372. The maximum Gasteiger partial charge on any atom is 0.268 e. The van der Waals surface area contributed by atoms with Crippen molar-refractivity contribution in [2.24, 2.45) is 5.84 Å². The van der Waals surface area contributed by atoms with E-state index in [-0.39, 0.29) is 5.91 Å².